The third kappa shape index (κ3) is 4.67. The first-order valence-corrected chi connectivity index (χ1v) is 10.9. The molecular weight excluding hydrogens is 423 g/mol. The van der Waals surface area contributed by atoms with Crippen LogP contribution in [-0.2, 0) is 4.79 Å². The van der Waals surface area contributed by atoms with E-state index in [0.717, 1.165) is 29.9 Å². The first-order valence-electron chi connectivity index (χ1n) is 10.9. The number of carbonyl (C=O) groups is 1. The summed E-state index contributed by atoms with van der Waals surface area (Å²) >= 11 is 0. The van der Waals surface area contributed by atoms with Crippen molar-refractivity contribution in [2.24, 2.45) is 0 Å². The second kappa shape index (κ2) is 9.32. The Morgan fingerprint density at radius 1 is 1.12 bits per heavy atom. The molecule has 1 aromatic heterocycles. The van der Waals surface area contributed by atoms with Crippen molar-refractivity contribution in [1.82, 2.24) is 9.88 Å². The Hall–Kier alpha value is -3.87. The summed E-state index contributed by atoms with van der Waals surface area (Å²) in [5, 5.41) is 0. The number of hydrogen-bond donors (Lipinski definition) is 0. The van der Waals surface area contributed by atoms with E-state index >= 15 is 0 Å². The average Bonchev–Trinajstić information content (AvgIpc) is 3.35. The maximum atomic E-state index is 14.5. The van der Waals surface area contributed by atoms with Gasteiger partial charge in [0.15, 0.2) is 23.1 Å². The van der Waals surface area contributed by atoms with Crippen LogP contribution in [0.15, 0.2) is 67.0 Å². The van der Waals surface area contributed by atoms with Gasteiger partial charge >= 0.3 is 0 Å². The number of carbonyl (C=O) groups excluding carboxylic acids is 1. The molecular formula is C26H23FN2O4. The molecule has 1 saturated heterocycles. The Bertz CT molecular complexity index is 1180. The van der Waals surface area contributed by atoms with Gasteiger partial charge < -0.3 is 19.1 Å². The van der Waals surface area contributed by atoms with Crippen molar-refractivity contribution in [2.45, 2.75) is 18.9 Å². The number of likely N-dealkylation sites (tertiary alicyclic amines) is 1. The number of nitrogens with zero attached hydrogens (tertiary/aromatic N) is 2. The highest BCUT2D eigenvalue weighted by molar-refractivity contribution is 5.92. The number of rotatable bonds is 5. The zero-order valence-corrected chi connectivity index (χ0v) is 17.9. The Kier molecular flexibility index (Phi) is 5.93. The lowest BCUT2D eigenvalue weighted by Gasteiger charge is -2.26. The first-order chi connectivity index (χ1) is 16.2. The van der Waals surface area contributed by atoms with E-state index in [1.54, 1.807) is 36.5 Å². The molecule has 0 radical (unpaired) electrons. The SMILES string of the molecule is O=C(/C=C/c1ccc(Oc2cccnc2)c(F)c1)N1CCCC1c1ccc2c(c1)OCCO2. The number of benzene rings is 2. The maximum absolute atomic E-state index is 14.5. The lowest BCUT2D eigenvalue weighted by molar-refractivity contribution is -0.126. The minimum absolute atomic E-state index is 0.0232. The van der Waals surface area contributed by atoms with Gasteiger partial charge in [-0.3, -0.25) is 9.78 Å². The molecule has 0 N–H and O–H groups in total. The van der Waals surface area contributed by atoms with Gasteiger partial charge in [0.1, 0.15) is 19.0 Å². The summed E-state index contributed by atoms with van der Waals surface area (Å²) in [5.41, 5.74) is 1.61. The molecule has 0 saturated carbocycles. The number of aromatic nitrogens is 1. The highest BCUT2D eigenvalue weighted by Gasteiger charge is 2.29. The van der Waals surface area contributed by atoms with E-state index in [1.165, 1.54) is 18.3 Å². The van der Waals surface area contributed by atoms with E-state index in [4.69, 9.17) is 14.2 Å². The zero-order valence-electron chi connectivity index (χ0n) is 17.9. The highest BCUT2D eigenvalue weighted by Crippen LogP contribution is 2.38. The molecule has 168 valence electrons. The second-order valence-electron chi connectivity index (χ2n) is 7.91. The van der Waals surface area contributed by atoms with Crippen LogP contribution in [-0.4, -0.2) is 35.5 Å². The molecule has 5 rings (SSSR count). The molecule has 1 fully saturated rings. The Balaban J connectivity index is 1.27. The summed E-state index contributed by atoms with van der Waals surface area (Å²) in [4.78, 5) is 18.7. The number of amides is 1. The van der Waals surface area contributed by atoms with Gasteiger partial charge in [0, 0.05) is 18.8 Å². The van der Waals surface area contributed by atoms with Crippen LogP contribution in [0.4, 0.5) is 4.39 Å². The summed E-state index contributed by atoms with van der Waals surface area (Å²) in [6, 6.07) is 13.8. The van der Waals surface area contributed by atoms with Gasteiger partial charge in [-0.15, -0.1) is 0 Å². The van der Waals surface area contributed by atoms with Crippen LogP contribution in [0.3, 0.4) is 0 Å². The fraction of sp³-hybridized carbons (Fsp3) is 0.231. The molecule has 0 aliphatic carbocycles. The van der Waals surface area contributed by atoms with Gasteiger partial charge in [-0.1, -0.05) is 12.1 Å². The van der Waals surface area contributed by atoms with E-state index in [0.29, 0.717) is 31.1 Å². The zero-order chi connectivity index (χ0) is 22.6. The van der Waals surface area contributed by atoms with Crippen LogP contribution in [0.5, 0.6) is 23.0 Å². The summed E-state index contributed by atoms with van der Waals surface area (Å²) in [7, 11) is 0. The Labute approximate surface area is 191 Å². The van der Waals surface area contributed by atoms with E-state index in [-0.39, 0.29) is 17.7 Å². The molecule has 7 heteroatoms. The Morgan fingerprint density at radius 2 is 2.00 bits per heavy atom. The molecule has 0 bridgehead atoms. The first kappa shape index (κ1) is 21.0. The topological polar surface area (TPSA) is 60.9 Å². The summed E-state index contributed by atoms with van der Waals surface area (Å²) < 4.78 is 31.3. The number of hydrogen-bond acceptors (Lipinski definition) is 5. The lowest BCUT2D eigenvalue weighted by atomic mass is 10.0. The highest BCUT2D eigenvalue weighted by atomic mass is 19.1. The molecule has 33 heavy (non-hydrogen) atoms. The van der Waals surface area contributed by atoms with Gasteiger partial charge in [0.2, 0.25) is 5.91 Å². The van der Waals surface area contributed by atoms with E-state index in [9.17, 15) is 9.18 Å². The van der Waals surface area contributed by atoms with Crippen molar-refractivity contribution in [2.75, 3.05) is 19.8 Å². The minimum Gasteiger partial charge on any atom is -0.486 e. The number of ether oxygens (including phenoxy) is 3. The van der Waals surface area contributed by atoms with Gasteiger partial charge in [0.25, 0.3) is 0 Å². The standard InChI is InChI=1S/C26H23FN2O4/c27-21-15-18(5-8-23(21)33-20-3-1-11-28-17-20)6-10-26(30)29-12-2-4-22(29)19-7-9-24-25(16-19)32-14-13-31-24/h1,3,5-11,15-17,22H,2,4,12-14H2/b10-6+. The van der Waals surface area contributed by atoms with Crippen LogP contribution >= 0.6 is 0 Å². The summed E-state index contributed by atoms with van der Waals surface area (Å²) in [5.74, 6) is 1.39. The Morgan fingerprint density at radius 3 is 2.82 bits per heavy atom. The normalized spacial score (nSPS) is 17.4. The van der Waals surface area contributed by atoms with E-state index < -0.39 is 5.82 Å². The van der Waals surface area contributed by atoms with Crippen molar-refractivity contribution in [3.8, 4) is 23.0 Å². The third-order valence-corrected chi connectivity index (χ3v) is 5.72. The van der Waals surface area contributed by atoms with Crippen LogP contribution in [0, 0.1) is 5.82 Å². The quantitative estimate of drug-likeness (QED) is 0.507. The van der Waals surface area contributed by atoms with Crippen molar-refractivity contribution < 1.29 is 23.4 Å². The average molecular weight is 446 g/mol. The van der Waals surface area contributed by atoms with Gasteiger partial charge in [-0.25, -0.2) is 4.39 Å². The fourth-order valence-electron chi connectivity index (χ4n) is 4.15. The number of fused-ring (bicyclic) bond motifs is 1. The minimum atomic E-state index is -0.510. The van der Waals surface area contributed by atoms with E-state index in [1.807, 2.05) is 23.1 Å². The molecule has 2 aliphatic heterocycles. The molecule has 6 nitrogen and oxygen atoms in total. The van der Waals surface area contributed by atoms with Gasteiger partial charge in [-0.05, 0) is 66.4 Å². The van der Waals surface area contributed by atoms with Gasteiger partial charge in [0.05, 0.1) is 12.2 Å². The summed E-state index contributed by atoms with van der Waals surface area (Å²) in [6.45, 7) is 1.74. The number of pyridine rings is 1. The predicted octanol–water partition coefficient (Wildman–Crippen LogP) is 5.16. The molecule has 3 aromatic rings. The smallest absolute Gasteiger partial charge is 0.247 e. The molecule has 2 aliphatic rings. The molecule has 1 atom stereocenters. The van der Waals surface area contributed by atoms with Crippen molar-refractivity contribution in [3.05, 3.63) is 83.9 Å². The van der Waals surface area contributed by atoms with Gasteiger partial charge in [-0.2, -0.15) is 0 Å². The molecule has 1 unspecified atom stereocenters. The van der Waals surface area contributed by atoms with Crippen molar-refractivity contribution in [1.29, 1.82) is 0 Å². The van der Waals surface area contributed by atoms with Crippen LogP contribution in [0.25, 0.3) is 6.08 Å². The fourth-order valence-corrected chi connectivity index (χ4v) is 4.15. The van der Waals surface area contributed by atoms with Crippen molar-refractivity contribution in [3.63, 3.8) is 0 Å². The largest absolute Gasteiger partial charge is 0.486 e. The molecule has 2 aromatic carbocycles. The van der Waals surface area contributed by atoms with E-state index in [2.05, 4.69) is 4.98 Å². The van der Waals surface area contributed by atoms with Crippen LogP contribution in [0.2, 0.25) is 0 Å². The van der Waals surface area contributed by atoms with Crippen molar-refractivity contribution >= 4 is 12.0 Å². The van der Waals surface area contributed by atoms with Crippen LogP contribution < -0.4 is 14.2 Å². The molecule has 1 amide bonds. The van der Waals surface area contributed by atoms with Crippen LogP contribution in [0.1, 0.15) is 30.0 Å². The predicted molar refractivity (Wildman–Crippen MR) is 121 cm³/mol. The molecule has 3 heterocycles. The third-order valence-electron chi connectivity index (χ3n) is 5.72. The summed E-state index contributed by atoms with van der Waals surface area (Å²) in [6.07, 6.45) is 8.06. The lowest BCUT2D eigenvalue weighted by Crippen LogP contribution is -2.29. The number of halogens is 1. The second-order valence-corrected chi connectivity index (χ2v) is 7.91. The maximum Gasteiger partial charge on any atom is 0.247 e. The molecule has 0 spiro atoms. The monoisotopic (exact) mass is 446 g/mol.